The lowest BCUT2D eigenvalue weighted by molar-refractivity contribution is 0.414. The van der Waals surface area contributed by atoms with Crippen molar-refractivity contribution in [1.29, 1.82) is 0 Å². The molecule has 0 N–H and O–H groups in total. The molecule has 0 aliphatic rings. The van der Waals surface area contributed by atoms with Crippen LogP contribution in [0.3, 0.4) is 0 Å². The Morgan fingerprint density at radius 1 is 1.19 bits per heavy atom. The average molecular weight is 406 g/mol. The Morgan fingerprint density at radius 2 is 1.96 bits per heavy atom. The van der Waals surface area contributed by atoms with E-state index in [0.29, 0.717) is 22.1 Å². The molecule has 9 heteroatoms. The van der Waals surface area contributed by atoms with E-state index in [-0.39, 0.29) is 4.90 Å². The van der Waals surface area contributed by atoms with Crippen molar-refractivity contribution in [2.24, 2.45) is 0 Å². The van der Waals surface area contributed by atoms with Crippen molar-refractivity contribution in [3.8, 4) is 5.75 Å². The van der Waals surface area contributed by atoms with E-state index >= 15 is 0 Å². The van der Waals surface area contributed by atoms with Crippen LogP contribution in [0, 0.1) is 0 Å². The highest BCUT2D eigenvalue weighted by molar-refractivity contribution is 7.98. The summed E-state index contributed by atoms with van der Waals surface area (Å²) in [5.41, 5.74) is 0.824. The van der Waals surface area contributed by atoms with Gasteiger partial charge in [0, 0.05) is 43.6 Å². The van der Waals surface area contributed by atoms with Gasteiger partial charge < -0.3 is 9.15 Å². The van der Waals surface area contributed by atoms with Crippen molar-refractivity contribution >= 4 is 32.8 Å². The Hall–Kier alpha value is -2.36. The summed E-state index contributed by atoms with van der Waals surface area (Å²) >= 11 is 1.40. The summed E-state index contributed by atoms with van der Waals surface area (Å²) in [4.78, 5) is 16.2. The lowest BCUT2D eigenvalue weighted by atomic mass is 10.1. The van der Waals surface area contributed by atoms with E-state index in [1.165, 1.54) is 44.2 Å². The molecular formula is C18H18N2O5S2. The van der Waals surface area contributed by atoms with Crippen LogP contribution in [0.5, 0.6) is 5.75 Å². The Labute approximate surface area is 161 Å². The molecule has 0 saturated carbocycles. The van der Waals surface area contributed by atoms with Gasteiger partial charge in [0.2, 0.25) is 10.0 Å². The molecule has 1 aromatic carbocycles. The maximum Gasteiger partial charge on any atom is 0.336 e. The predicted molar refractivity (Wildman–Crippen MR) is 104 cm³/mol. The quantitative estimate of drug-likeness (QED) is 0.459. The number of benzene rings is 1. The van der Waals surface area contributed by atoms with E-state index in [0.717, 1.165) is 15.3 Å². The fourth-order valence-electron chi connectivity index (χ4n) is 2.42. The number of rotatable bonds is 6. The van der Waals surface area contributed by atoms with Gasteiger partial charge in [-0.2, -0.15) is 0 Å². The Bertz CT molecular complexity index is 1120. The number of aromatic nitrogens is 1. The summed E-state index contributed by atoms with van der Waals surface area (Å²) in [7, 11) is 0.983. The van der Waals surface area contributed by atoms with Crippen LogP contribution in [-0.4, -0.2) is 38.9 Å². The number of nitrogens with zero attached hydrogens (tertiary/aromatic N) is 2. The number of methoxy groups -OCH3 is 1. The van der Waals surface area contributed by atoms with Crippen LogP contribution in [0.25, 0.3) is 11.0 Å². The Kier molecular flexibility index (Phi) is 5.54. The fourth-order valence-corrected chi connectivity index (χ4v) is 4.11. The van der Waals surface area contributed by atoms with E-state index in [1.807, 2.05) is 6.07 Å². The normalized spacial score (nSPS) is 11.9. The van der Waals surface area contributed by atoms with Gasteiger partial charge >= 0.3 is 5.63 Å². The van der Waals surface area contributed by atoms with Crippen molar-refractivity contribution in [3.63, 3.8) is 0 Å². The second-order valence-corrected chi connectivity index (χ2v) is 9.01. The summed E-state index contributed by atoms with van der Waals surface area (Å²) in [5, 5.41) is 1.47. The van der Waals surface area contributed by atoms with Crippen LogP contribution >= 0.6 is 11.8 Å². The van der Waals surface area contributed by atoms with Crippen LogP contribution in [0.2, 0.25) is 0 Å². The van der Waals surface area contributed by atoms with Crippen LogP contribution in [-0.2, 0) is 15.8 Å². The molecular weight excluding hydrogens is 388 g/mol. The molecule has 3 rings (SSSR count). The molecule has 0 aliphatic heterocycles. The van der Waals surface area contributed by atoms with Crippen LogP contribution in [0.1, 0.15) is 5.56 Å². The van der Waals surface area contributed by atoms with Crippen molar-refractivity contribution in [3.05, 3.63) is 58.6 Å². The number of ether oxygens (including phenoxy) is 1. The van der Waals surface area contributed by atoms with Gasteiger partial charge in [-0.3, -0.25) is 0 Å². The zero-order valence-corrected chi connectivity index (χ0v) is 16.6. The molecule has 0 saturated heterocycles. The molecule has 0 atom stereocenters. The molecule has 142 valence electrons. The largest absolute Gasteiger partial charge is 0.497 e. The standard InChI is InChI=1S/C18H18N2O5S2/c1-20(2)27(22,23)14-5-7-17(19-10-14)26-11-12-8-18(21)25-16-9-13(24-3)4-6-15(12)16/h4-10H,11H2,1-3H3. The first kappa shape index (κ1) is 19.4. The number of fused-ring (bicyclic) bond motifs is 1. The van der Waals surface area contributed by atoms with Crippen molar-refractivity contribution in [2.45, 2.75) is 15.7 Å². The molecule has 0 fully saturated rings. The molecule has 7 nitrogen and oxygen atoms in total. The van der Waals surface area contributed by atoms with Gasteiger partial charge in [-0.1, -0.05) is 0 Å². The van der Waals surface area contributed by atoms with E-state index in [9.17, 15) is 13.2 Å². The number of hydrogen-bond donors (Lipinski definition) is 0. The minimum atomic E-state index is -3.51. The summed E-state index contributed by atoms with van der Waals surface area (Å²) in [6.45, 7) is 0. The van der Waals surface area contributed by atoms with Crippen LogP contribution in [0.15, 0.2) is 61.7 Å². The van der Waals surface area contributed by atoms with Gasteiger partial charge in [-0.05, 0) is 29.8 Å². The maximum atomic E-state index is 12.1. The van der Waals surface area contributed by atoms with E-state index in [4.69, 9.17) is 9.15 Å². The van der Waals surface area contributed by atoms with Crippen molar-refractivity contribution < 1.29 is 17.6 Å². The second-order valence-electron chi connectivity index (χ2n) is 5.86. The molecule has 0 aliphatic carbocycles. The van der Waals surface area contributed by atoms with E-state index < -0.39 is 15.6 Å². The average Bonchev–Trinajstić information content (AvgIpc) is 2.65. The van der Waals surface area contributed by atoms with Crippen LogP contribution in [0.4, 0.5) is 0 Å². The van der Waals surface area contributed by atoms with E-state index in [2.05, 4.69) is 4.98 Å². The number of thioether (sulfide) groups is 1. The predicted octanol–water partition coefficient (Wildman–Crippen LogP) is 2.74. The monoisotopic (exact) mass is 406 g/mol. The lowest BCUT2D eigenvalue weighted by Crippen LogP contribution is -2.22. The molecule has 27 heavy (non-hydrogen) atoms. The topological polar surface area (TPSA) is 89.7 Å². The number of sulfonamides is 1. The van der Waals surface area contributed by atoms with Gasteiger partial charge in [-0.25, -0.2) is 22.5 Å². The summed E-state index contributed by atoms with van der Waals surface area (Å²) < 4.78 is 35.7. The molecule has 0 unspecified atom stereocenters. The number of hydrogen-bond acceptors (Lipinski definition) is 7. The summed E-state index contributed by atoms with van der Waals surface area (Å²) in [6, 6.07) is 9.93. The highest BCUT2D eigenvalue weighted by Crippen LogP contribution is 2.28. The lowest BCUT2D eigenvalue weighted by Gasteiger charge is -2.11. The molecule has 0 bridgehead atoms. The smallest absolute Gasteiger partial charge is 0.336 e. The Balaban J connectivity index is 1.84. The fraction of sp³-hybridized carbons (Fsp3) is 0.222. The third-order valence-electron chi connectivity index (χ3n) is 3.90. The molecule has 3 aromatic rings. The maximum absolute atomic E-state index is 12.1. The molecule has 2 aromatic heterocycles. The third kappa shape index (κ3) is 4.15. The summed E-state index contributed by atoms with van der Waals surface area (Å²) in [5.74, 6) is 1.09. The first-order valence-corrected chi connectivity index (χ1v) is 10.4. The second kappa shape index (κ2) is 7.71. The molecule has 0 amide bonds. The van der Waals surface area contributed by atoms with Gasteiger partial charge in [0.1, 0.15) is 16.2 Å². The minimum Gasteiger partial charge on any atom is -0.497 e. The SMILES string of the molecule is COc1ccc2c(CSc3ccc(S(=O)(=O)N(C)C)cn3)cc(=O)oc2c1. The van der Waals surface area contributed by atoms with Gasteiger partial charge in [0.05, 0.1) is 12.1 Å². The minimum absolute atomic E-state index is 0.134. The van der Waals surface area contributed by atoms with Crippen molar-refractivity contribution in [2.75, 3.05) is 21.2 Å². The van der Waals surface area contributed by atoms with Crippen molar-refractivity contribution in [1.82, 2.24) is 9.29 Å². The highest BCUT2D eigenvalue weighted by atomic mass is 32.2. The number of pyridine rings is 1. The zero-order chi connectivity index (χ0) is 19.6. The van der Waals surface area contributed by atoms with Gasteiger partial charge in [0.15, 0.2) is 0 Å². The molecule has 0 radical (unpaired) electrons. The molecule has 2 heterocycles. The molecule has 0 spiro atoms. The first-order chi connectivity index (χ1) is 12.8. The third-order valence-corrected chi connectivity index (χ3v) is 6.69. The van der Waals surface area contributed by atoms with E-state index in [1.54, 1.807) is 25.3 Å². The van der Waals surface area contributed by atoms with Gasteiger partial charge in [-0.15, -0.1) is 11.8 Å². The Morgan fingerprint density at radius 3 is 2.59 bits per heavy atom. The van der Waals surface area contributed by atoms with Gasteiger partial charge in [0.25, 0.3) is 0 Å². The first-order valence-electron chi connectivity index (χ1n) is 7.93. The zero-order valence-electron chi connectivity index (χ0n) is 15.0. The van der Waals surface area contributed by atoms with Crippen LogP contribution < -0.4 is 10.4 Å². The highest BCUT2D eigenvalue weighted by Gasteiger charge is 2.17. The summed E-state index contributed by atoms with van der Waals surface area (Å²) in [6.07, 6.45) is 1.33.